The molecule has 0 fully saturated rings. The van der Waals surface area contributed by atoms with E-state index in [9.17, 15) is 9.59 Å². The first-order valence-electron chi connectivity index (χ1n) is 7.94. The van der Waals surface area contributed by atoms with Gasteiger partial charge in [0.1, 0.15) is 0 Å². The molecule has 0 aliphatic carbocycles. The maximum Gasteiger partial charge on any atom is 0.230 e. The number of hydrogen-bond donors (Lipinski definition) is 0. The number of amides is 1. The number of ketones is 1. The number of thiazole rings is 1. The minimum Gasteiger partial charge on any atom is -0.289 e. The number of halogens is 2. The molecule has 136 valence electrons. The van der Waals surface area contributed by atoms with Crippen molar-refractivity contribution in [1.82, 2.24) is 4.98 Å². The van der Waals surface area contributed by atoms with Crippen molar-refractivity contribution in [2.75, 3.05) is 4.90 Å². The summed E-state index contributed by atoms with van der Waals surface area (Å²) in [6.07, 6.45) is 3.11. The Morgan fingerprint density at radius 2 is 1.96 bits per heavy atom. The monoisotopic (exact) mass is 460 g/mol. The predicted octanol–water partition coefficient (Wildman–Crippen LogP) is 6.14. The van der Waals surface area contributed by atoms with Gasteiger partial charge in [0.15, 0.2) is 10.9 Å². The fraction of sp³-hybridized carbons (Fsp3) is 0.0500. The molecule has 2 aromatic carbocycles. The normalized spacial score (nSPS) is 10.9. The Bertz CT molecular complexity index is 1030. The van der Waals surface area contributed by atoms with E-state index in [1.54, 1.807) is 47.9 Å². The Labute approximate surface area is 174 Å². The lowest BCUT2D eigenvalue weighted by molar-refractivity contribution is -0.115. The van der Waals surface area contributed by atoms with E-state index >= 15 is 0 Å². The third-order valence-electron chi connectivity index (χ3n) is 3.60. The SMILES string of the molecule is CC(=O)N(c1cccc(Cl)c1)c1nc(/C=C/C(=O)c2cccc(Br)c2)cs1. The van der Waals surface area contributed by atoms with Gasteiger partial charge in [-0.1, -0.05) is 45.7 Å². The van der Waals surface area contributed by atoms with Crippen molar-refractivity contribution in [3.05, 3.63) is 80.7 Å². The van der Waals surface area contributed by atoms with Gasteiger partial charge >= 0.3 is 0 Å². The molecule has 0 radical (unpaired) electrons. The van der Waals surface area contributed by atoms with Gasteiger partial charge in [-0.15, -0.1) is 11.3 Å². The molecule has 0 N–H and O–H groups in total. The molecule has 0 saturated carbocycles. The summed E-state index contributed by atoms with van der Waals surface area (Å²) in [5, 5.41) is 2.84. The second kappa shape index (κ2) is 8.61. The highest BCUT2D eigenvalue weighted by Gasteiger charge is 2.17. The third kappa shape index (κ3) is 4.91. The van der Waals surface area contributed by atoms with Gasteiger partial charge in [-0.2, -0.15) is 0 Å². The quantitative estimate of drug-likeness (QED) is 0.339. The molecule has 1 amide bonds. The van der Waals surface area contributed by atoms with Gasteiger partial charge in [-0.05, 0) is 42.5 Å². The van der Waals surface area contributed by atoms with Crippen molar-refractivity contribution < 1.29 is 9.59 Å². The van der Waals surface area contributed by atoms with Crippen LogP contribution in [0.4, 0.5) is 10.8 Å². The Morgan fingerprint density at radius 1 is 1.19 bits per heavy atom. The van der Waals surface area contributed by atoms with E-state index in [-0.39, 0.29) is 11.7 Å². The number of nitrogens with zero attached hydrogens (tertiary/aromatic N) is 2. The highest BCUT2D eigenvalue weighted by atomic mass is 79.9. The molecule has 3 aromatic rings. The Balaban J connectivity index is 1.82. The molecule has 0 saturated heterocycles. The van der Waals surface area contributed by atoms with Crippen LogP contribution in [0.3, 0.4) is 0 Å². The topological polar surface area (TPSA) is 50.3 Å². The van der Waals surface area contributed by atoms with Gasteiger partial charge in [-0.3, -0.25) is 14.5 Å². The molecular weight excluding hydrogens is 448 g/mol. The lowest BCUT2D eigenvalue weighted by Gasteiger charge is -2.18. The summed E-state index contributed by atoms with van der Waals surface area (Å²) in [7, 11) is 0. The van der Waals surface area contributed by atoms with Crippen LogP contribution in [0.2, 0.25) is 5.02 Å². The van der Waals surface area contributed by atoms with Gasteiger partial charge in [0.25, 0.3) is 0 Å². The maximum absolute atomic E-state index is 12.3. The minimum atomic E-state index is -0.174. The largest absolute Gasteiger partial charge is 0.289 e. The van der Waals surface area contributed by atoms with E-state index in [1.165, 1.54) is 29.2 Å². The number of hydrogen-bond acceptors (Lipinski definition) is 4. The average molecular weight is 462 g/mol. The molecule has 0 unspecified atom stereocenters. The second-order valence-electron chi connectivity index (χ2n) is 5.60. The molecule has 3 rings (SSSR count). The van der Waals surface area contributed by atoms with Crippen molar-refractivity contribution in [3.8, 4) is 0 Å². The standard InChI is InChI=1S/C20H14BrClN2O2S/c1-13(25)24(18-7-3-6-16(22)11-18)20-23-17(12-27-20)8-9-19(26)14-4-2-5-15(21)10-14/h2-12H,1H3/b9-8+. The molecule has 1 aromatic heterocycles. The smallest absolute Gasteiger partial charge is 0.230 e. The molecule has 0 bridgehead atoms. The number of rotatable bonds is 5. The maximum atomic E-state index is 12.3. The summed E-state index contributed by atoms with van der Waals surface area (Å²) in [6.45, 7) is 1.47. The number of carbonyl (C=O) groups is 2. The average Bonchev–Trinajstić information content (AvgIpc) is 3.08. The van der Waals surface area contributed by atoms with Gasteiger partial charge < -0.3 is 0 Å². The van der Waals surface area contributed by atoms with Crippen LogP contribution in [0.5, 0.6) is 0 Å². The molecule has 0 aliphatic rings. The highest BCUT2D eigenvalue weighted by molar-refractivity contribution is 9.10. The zero-order valence-electron chi connectivity index (χ0n) is 14.2. The minimum absolute atomic E-state index is 0.121. The van der Waals surface area contributed by atoms with Crippen LogP contribution in [0, 0.1) is 0 Å². The molecule has 0 spiro atoms. The zero-order valence-corrected chi connectivity index (χ0v) is 17.4. The van der Waals surface area contributed by atoms with Crippen LogP contribution < -0.4 is 4.90 Å². The number of allylic oxidation sites excluding steroid dienone is 1. The summed E-state index contributed by atoms with van der Waals surface area (Å²) in [6, 6.07) is 14.2. The van der Waals surface area contributed by atoms with Crippen molar-refractivity contribution in [3.63, 3.8) is 0 Å². The zero-order chi connectivity index (χ0) is 19.4. The first-order chi connectivity index (χ1) is 12.9. The molecule has 0 atom stereocenters. The lowest BCUT2D eigenvalue weighted by atomic mass is 10.1. The number of benzene rings is 2. The second-order valence-corrected chi connectivity index (χ2v) is 7.79. The summed E-state index contributed by atoms with van der Waals surface area (Å²) >= 11 is 10.7. The Kier molecular flexibility index (Phi) is 6.21. The van der Waals surface area contributed by atoms with E-state index in [0.29, 0.717) is 27.1 Å². The van der Waals surface area contributed by atoms with Crippen LogP contribution in [-0.2, 0) is 4.79 Å². The van der Waals surface area contributed by atoms with Gasteiger partial charge in [0, 0.05) is 27.4 Å². The number of anilines is 2. The molecular formula is C20H14BrClN2O2S. The molecule has 0 aliphatic heterocycles. The van der Waals surface area contributed by atoms with Crippen molar-refractivity contribution in [2.24, 2.45) is 0 Å². The van der Waals surface area contributed by atoms with Gasteiger partial charge in [-0.25, -0.2) is 4.98 Å². The van der Waals surface area contributed by atoms with E-state index < -0.39 is 0 Å². The van der Waals surface area contributed by atoms with Crippen LogP contribution in [0.15, 0.2) is 64.5 Å². The predicted molar refractivity (Wildman–Crippen MR) is 114 cm³/mol. The first-order valence-corrected chi connectivity index (χ1v) is 9.99. The first kappa shape index (κ1) is 19.5. The summed E-state index contributed by atoms with van der Waals surface area (Å²) in [5.74, 6) is -0.295. The molecule has 27 heavy (non-hydrogen) atoms. The van der Waals surface area contributed by atoms with Crippen molar-refractivity contribution in [2.45, 2.75) is 6.92 Å². The van der Waals surface area contributed by atoms with Crippen LogP contribution in [0.25, 0.3) is 6.08 Å². The van der Waals surface area contributed by atoms with Crippen molar-refractivity contribution >= 4 is 67.5 Å². The molecule has 7 heteroatoms. The summed E-state index contributed by atoms with van der Waals surface area (Å²) in [4.78, 5) is 30.3. The van der Waals surface area contributed by atoms with Gasteiger partial charge in [0.2, 0.25) is 5.91 Å². The molecule has 4 nitrogen and oxygen atoms in total. The van der Waals surface area contributed by atoms with Crippen LogP contribution in [0.1, 0.15) is 23.0 Å². The number of aromatic nitrogens is 1. The number of carbonyl (C=O) groups excluding carboxylic acids is 2. The summed E-state index contributed by atoms with van der Waals surface area (Å²) in [5.41, 5.74) is 1.83. The van der Waals surface area contributed by atoms with E-state index in [4.69, 9.17) is 11.6 Å². The van der Waals surface area contributed by atoms with E-state index in [2.05, 4.69) is 20.9 Å². The summed E-state index contributed by atoms with van der Waals surface area (Å²) < 4.78 is 0.844. The lowest BCUT2D eigenvalue weighted by Crippen LogP contribution is -2.22. The van der Waals surface area contributed by atoms with E-state index in [0.717, 1.165) is 4.47 Å². The third-order valence-corrected chi connectivity index (χ3v) is 5.17. The fourth-order valence-corrected chi connectivity index (χ4v) is 3.84. The Morgan fingerprint density at radius 3 is 2.67 bits per heavy atom. The highest BCUT2D eigenvalue weighted by Crippen LogP contribution is 2.30. The van der Waals surface area contributed by atoms with Crippen LogP contribution in [-0.4, -0.2) is 16.7 Å². The Hall–Kier alpha value is -2.28. The molecule has 1 heterocycles. The van der Waals surface area contributed by atoms with E-state index in [1.807, 2.05) is 12.1 Å². The van der Waals surface area contributed by atoms with Crippen LogP contribution >= 0.6 is 38.9 Å². The van der Waals surface area contributed by atoms with Crippen molar-refractivity contribution in [1.29, 1.82) is 0 Å². The fourth-order valence-electron chi connectivity index (χ4n) is 2.40. The van der Waals surface area contributed by atoms with Gasteiger partial charge in [0.05, 0.1) is 11.4 Å².